The summed E-state index contributed by atoms with van der Waals surface area (Å²) in [4.78, 5) is 10.6. The van der Waals surface area contributed by atoms with Crippen LogP contribution < -0.4 is 0 Å². The number of para-hydroxylation sites is 2. The Balaban J connectivity index is 1.51. The van der Waals surface area contributed by atoms with Crippen LogP contribution in [0.25, 0.3) is 11.0 Å². The summed E-state index contributed by atoms with van der Waals surface area (Å²) in [5.74, 6) is 0.970. The zero-order valence-corrected chi connectivity index (χ0v) is 18.4. The SMILES string of the molecule is CN1CCC(OC(c2nc3ccccc3[nH]2)c2cc(Cc3ccccc3)ccc2O)CC1. The van der Waals surface area contributed by atoms with Crippen molar-refractivity contribution < 1.29 is 9.84 Å². The minimum Gasteiger partial charge on any atom is -0.508 e. The van der Waals surface area contributed by atoms with Crippen LogP contribution in [0.2, 0.25) is 0 Å². The van der Waals surface area contributed by atoms with E-state index in [0.29, 0.717) is 0 Å². The topological polar surface area (TPSA) is 61.4 Å². The molecule has 1 saturated heterocycles. The molecule has 1 aliphatic heterocycles. The van der Waals surface area contributed by atoms with Gasteiger partial charge in [-0.05, 0) is 61.7 Å². The zero-order valence-electron chi connectivity index (χ0n) is 18.4. The summed E-state index contributed by atoms with van der Waals surface area (Å²) in [7, 11) is 2.14. The number of hydrogen-bond acceptors (Lipinski definition) is 4. The second-order valence-electron chi connectivity index (χ2n) is 8.71. The number of aromatic hydroxyl groups is 1. The molecule has 0 amide bonds. The first kappa shape index (κ1) is 20.7. The molecule has 1 unspecified atom stereocenters. The van der Waals surface area contributed by atoms with E-state index in [0.717, 1.165) is 60.3 Å². The predicted octanol–water partition coefficient (Wildman–Crippen LogP) is 5.06. The molecule has 4 aromatic rings. The number of rotatable bonds is 6. The van der Waals surface area contributed by atoms with Crippen LogP contribution in [0.3, 0.4) is 0 Å². The minimum atomic E-state index is -0.452. The van der Waals surface area contributed by atoms with Gasteiger partial charge in [0.2, 0.25) is 0 Å². The number of fused-ring (bicyclic) bond motifs is 1. The van der Waals surface area contributed by atoms with Crippen LogP contribution in [0.4, 0.5) is 0 Å². The molecule has 0 saturated carbocycles. The van der Waals surface area contributed by atoms with Crippen LogP contribution >= 0.6 is 0 Å². The summed E-state index contributed by atoms with van der Waals surface area (Å²) in [5, 5.41) is 10.8. The van der Waals surface area contributed by atoms with Crippen LogP contribution in [0.1, 0.15) is 41.5 Å². The summed E-state index contributed by atoms with van der Waals surface area (Å²) in [6.07, 6.45) is 2.41. The Kier molecular flexibility index (Phi) is 5.93. The summed E-state index contributed by atoms with van der Waals surface area (Å²) in [5.41, 5.74) is 5.01. The van der Waals surface area contributed by atoms with Crippen molar-refractivity contribution in [2.24, 2.45) is 0 Å². The number of phenols is 1. The van der Waals surface area contributed by atoms with E-state index in [9.17, 15) is 5.11 Å². The molecule has 1 aromatic heterocycles. The van der Waals surface area contributed by atoms with Gasteiger partial charge < -0.3 is 19.7 Å². The Morgan fingerprint density at radius 2 is 1.75 bits per heavy atom. The van der Waals surface area contributed by atoms with Gasteiger partial charge in [0.15, 0.2) is 0 Å². The van der Waals surface area contributed by atoms with Gasteiger partial charge in [-0.15, -0.1) is 0 Å². The van der Waals surface area contributed by atoms with Gasteiger partial charge >= 0.3 is 0 Å². The molecule has 1 atom stereocenters. The highest BCUT2D eigenvalue weighted by molar-refractivity contribution is 5.75. The van der Waals surface area contributed by atoms with Crippen molar-refractivity contribution in [2.45, 2.75) is 31.5 Å². The van der Waals surface area contributed by atoms with Gasteiger partial charge in [0.1, 0.15) is 17.7 Å². The van der Waals surface area contributed by atoms with Crippen molar-refractivity contribution in [1.29, 1.82) is 0 Å². The highest BCUT2D eigenvalue weighted by Crippen LogP contribution is 2.35. The van der Waals surface area contributed by atoms with Gasteiger partial charge in [-0.25, -0.2) is 4.98 Å². The number of hydrogen-bond donors (Lipinski definition) is 2. The molecule has 0 aliphatic carbocycles. The third-order valence-corrected chi connectivity index (χ3v) is 6.28. The van der Waals surface area contributed by atoms with Gasteiger partial charge in [-0.1, -0.05) is 48.5 Å². The lowest BCUT2D eigenvalue weighted by Gasteiger charge is -2.31. The summed E-state index contributed by atoms with van der Waals surface area (Å²) in [6, 6.07) is 24.2. The molecule has 2 N–H and O–H groups in total. The molecule has 0 spiro atoms. The number of aromatic amines is 1. The van der Waals surface area contributed by atoms with Gasteiger partial charge in [-0.2, -0.15) is 0 Å². The molecule has 3 aromatic carbocycles. The predicted molar refractivity (Wildman–Crippen MR) is 127 cm³/mol. The van der Waals surface area contributed by atoms with E-state index in [1.54, 1.807) is 6.07 Å². The lowest BCUT2D eigenvalue weighted by molar-refractivity contribution is -0.0271. The molecule has 0 radical (unpaired) electrons. The number of H-pyrrole nitrogens is 1. The molecule has 32 heavy (non-hydrogen) atoms. The maximum atomic E-state index is 10.8. The number of phenolic OH excluding ortho intramolecular Hbond substituents is 1. The molecular weight excluding hydrogens is 398 g/mol. The average molecular weight is 428 g/mol. The molecule has 5 heteroatoms. The van der Waals surface area contributed by atoms with Gasteiger partial charge in [0, 0.05) is 18.7 Å². The molecule has 164 valence electrons. The van der Waals surface area contributed by atoms with Crippen LogP contribution in [0.5, 0.6) is 5.75 Å². The number of nitrogens with zero attached hydrogens (tertiary/aromatic N) is 2. The van der Waals surface area contributed by atoms with Crippen molar-refractivity contribution >= 4 is 11.0 Å². The Bertz CT molecular complexity index is 1150. The van der Waals surface area contributed by atoms with Gasteiger partial charge in [0.25, 0.3) is 0 Å². The van der Waals surface area contributed by atoms with Crippen LogP contribution in [-0.2, 0) is 11.2 Å². The minimum absolute atomic E-state index is 0.126. The van der Waals surface area contributed by atoms with Crippen LogP contribution in [0.15, 0.2) is 72.8 Å². The van der Waals surface area contributed by atoms with Gasteiger partial charge in [-0.3, -0.25) is 0 Å². The molecule has 5 nitrogen and oxygen atoms in total. The fraction of sp³-hybridized carbons (Fsp3) is 0.296. The summed E-state index contributed by atoms with van der Waals surface area (Å²) in [6.45, 7) is 2.02. The fourth-order valence-electron chi connectivity index (χ4n) is 4.45. The van der Waals surface area contributed by atoms with Crippen molar-refractivity contribution in [3.63, 3.8) is 0 Å². The van der Waals surface area contributed by atoms with E-state index < -0.39 is 6.10 Å². The number of piperidine rings is 1. The van der Waals surface area contributed by atoms with Crippen molar-refractivity contribution in [3.8, 4) is 5.75 Å². The van der Waals surface area contributed by atoms with E-state index in [1.807, 2.05) is 36.4 Å². The van der Waals surface area contributed by atoms with E-state index in [4.69, 9.17) is 9.72 Å². The number of aromatic nitrogens is 2. The fourth-order valence-corrected chi connectivity index (χ4v) is 4.45. The Morgan fingerprint density at radius 3 is 2.53 bits per heavy atom. The number of likely N-dealkylation sites (tertiary alicyclic amines) is 1. The molecule has 1 aliphatic rings. The normalized spacial score (nSPS) is 16.4. The first-order valence-electron chi connectivity index (χ1n) is 11.3. The van der Waals surface area contributed by atoms with Crippen LogP contribution in [0, 0.1) is 0 Å². The second-order valence-corrected chi connectivity index (χ2v) is 8.71. The molecular formula is C27H29N3O2. The number of benzene rings is 3. The lowest BCUT2D eigenvalue weighted by Crippen LogP contribution is -2.35. The Labute approximate surface area is 188 Å². The first-order valence-corrected chi connectivity index (χ1v) is 11.3. The molecule has 0 bridgehead atoms. The number of nitrogens with one attached hydrogen (secondary N) is 1. The Hall–Kier alpha value is -3.15. The maximum Gasteiger partial charge on any atom is 0.144 e. The quantitative estimate of drug-likeness (QED) is 0.452. The van der Waals surface area contributed by atoms with Crippen molar-refractivity contribution in [1.82, 2.24) is 14.9 Å². The maximum absolute atomic E-state index is 10.8. The lowest BCUT2D eigenvalue weighted by atomic mass is 9.99. The smallest absolute Gasteiger partial charge is 0.144 e. The number of ether oxygens (including phenoxy) is 1. The molecule has 2 heterocycles. The third kappa shape index (κ3) is 4.54. The summed E-state index contributed by atoms with van der Waals surface area (Å²) < 4.78 is 6.65. The van der Waals surface area contributed by atoms with Crippen molar-refractivity contribution in [2.75, 3.05) is 20.1 Å². The van der Waals surface area contributed by atoms with E-state index >= 15 is 0 Å². The number of imidazole rings is 1. The van der Waals surface area contributed by atoms with Crippen molar-refractivity contribution in [3.05, 3.63) is 95.3 Å². The second kappa shape index (κ2) is 9.15. The summed E-state index contributed by atoms with van der Waals surface area (Å²) >= 11 is 0. The Morgan fingerprint density at radius 1 is 1.00 bits per heavy atom. The van der Waals surface area contributed by atoms with Gasteiger partial charge in [0.05, 0.1) is 17.1 Å². The van der Waals surface area contributed by atoms with E-state index in [2.05, 4.69) is 47.3 Å². The zero-order chi connectivity index (χ0) is 21.9. The first-order chi connectivity index (χ1) is 15.7. The molecule has 5 rings (SSSR count). The third-order valence-electron chi connectivity index (χ3n) is 6.28. The highest BCUT2D eigenvalue weighted by Gasteiger charge is 2.28. The average Bonchev–Trinajstić information content (AvgIpc) is 3.25. The standard InChI is InChI=1S/C27H29N3O2/c1-30-15-13-21(14-16-30)32-26(27-28-23-9-5-6-10-24(23)29-27)22-18-20(11-12-25(22)31)17-19-7-3-2-4-8-19/h2-12,18,21,26,31H,13-17H2,1H3,(H,28,29). The van der Waals surface area contributed by atoms with E-state index in [1.165, 1.54) is 5.56 Å². The van der Waals surface area contributed by atoms with Crippen LogP contribution in [-0.4, -0.2) is 46.2 Å². The highest BCUT2D eigenvalue weighted by atomic mass is 16.5. The largest absolute Gasteiger partial charge is 0.508 e. The monoisotopic (exact) mass is 427 g/mol. The molecule has 1 fully saturated rings. The van der Waals surface area contributed by atoms with E-state index in [-0.39, 0.29) is 11.9 Å².